The number of nitrogens with zero attached hydrogens (tertiary/aromatic N) is 3. The Morgan fingerprint density at radius 1 is 1.15 bits per heavy atom. The Bertz CT molecular complexity index is 1170. The van der Waals surface area contributed by atoms with Crippen molar-refractivity contribution < 1.29 is 9.53 Å². The highest BCUT2D eigenvalue weighted by Gasteiger charge is 2.22. The van der Waals surface area contributed by atoms with Gasteiger partial charge in [-0.25, -0.2) is 4.98 Å². The fourth-order valence-electron chi connectivity index (χ4n) is 4.04. The van der Waals surface area contributed by atoms with Gasteiger partial charge in [0.15, 0.2) is 0 Å². The van der Waals surface area contributed by atoms with Crippen molar-refractivity contribution in [3.8, 4) is 17.1 Å². The molecule has 34 heavy (non-hydrogen) atoms. The summed E-state index contributed by atoms with van der Waals surface area (Å²) >= 11 is 0. The zero-order valence-corrected chi connectivity index (χ0v) is 20.1. The monoisotopic (exact) mass is 462 g/mol. The van der Waals surface area contributed by atoms with Crippen LogP contribution in [0, 0.1) is 5.92 Å². The van der Waals surface area contributed by atoms with Gasteiger partial charge in [-0.05, 0) is 56.5 Å². The van der Waals surface area contributed by atoms with Crippen molar-refractivity contribution in [2.75, 3.05) is 32.8 Å². The van der Waals surface area contributed by atoms with Gasteiger partial charge in [0.1, 0.15) is 18.1 Å². The average Bonchev–Trinajstić information content (AvgIpc) is 3.70. The maximum absolute atomic E-state index is 13.5. The number of fused-ring (bicyclic) bond motifs is 1. The summed E-state index contributed by atoms with van der Waals surface area (Å²) in [4.78, 5) is 33.3. The molecule has 0 bridgehead atoms. The largest absolute Gasteiger partial charge is 0.494 e. The molecule has 0 unspecified atom stereocenters. The Hall–Kier alpha value is -3.19. The van der Waals surface area contributed by atoms with Gasteiger partial charge < -0.3 is 15.0 Å². The number of benzene rings is 2. The highest BCUT2D eigenvalue weighted by Crippen LogP contribution is 2.27. The second-order valence-electron chi connectivity index (χ2n) is 8.85. The number of nitrogens with one attached hydrogen (secondary N) is 1. The average molecular weight is 463 g/mol. The lowest BCUT2D eigenvalue weighted by Gasteiger charge is -2.18. The van der Waals surface area contributed by atoms with E-state index in [9.17, 15) is 9.59 Å². The smallest absolute Gasteiger partial charge is 0.262 e. The molecular formula is C27H34N4O3. The van der Waals surface area contributed by atoms with E-state index in [-0.39, 0.29) is 18.0 Å². The van der Waals surface area contributed by atoms with Gasteiger partial charge in [-0.1, -0.05) is 44.2 Å². The molecule has 1 aromatic heterocycles. The molecule has 4 rings (SSSR count). The molecule has 1 amide bonds. The number of hydrogen-bond acceptors (Lipinski definition) is 5. The van der Waals surface area contributed by atoms with Crippen molar-refractivity contribution in [1.82, 2.24) is 19.8 Å². The standard InChI is InChI=1S/C27H34N4O3/c1-3-30(4-2)15-8-16-34-22-13-14-24-23(17-22)27(33)31(19-25(32)28-18-20-11-12-20)26(29-24)21-9-6-5-7-10-21/h5-7,9-10,13-14,17,20H,3-4,8,11-12,15-16,18-19H2,1-2H3,(H,28,32). The van der Waals surface area contributed by atoms with Crippen molar-refractivity contribution in [2.45, 2.75) is 39.7 Å². The maximum atomic E-state index is 13.5. The molecule has 1 aliphatic rings. The van der Waals surface area contributed by atoms with Crippen LogP contribution in [0.4, 0.5) is 0 Å². The van der Waals surface area contributed by atoms with Crippen molar-refractivity contribution in [3.63, 3.8) is 0 Å². The van der Waals surface area contributed by atoms with E-state index < -0.39 is 0 Å². The van der Waals surface area contributed by atoms with Gasteiger partial charge >= 0.3 is 0 Å². The van der Waals surface area contributed by atoms with Crippen LogP contribution in [-0.4, -0.2) is 53.1 Å². The van der Waals surface area contributed by atoms with Crippen LogP contribution in [0.5, 0.6) is 5.75 Å². The first-order valence-corrected chi connectivity index (χ1v) is 12.3. The van der Waals surface area contributed by atoms with E-state index >= 15 is 0 Å². The molecule has 1 saturated carbocycles. The Morgan fingerprint density at radius 3 is 2.62 bits per heavy atom. The SMILES string of the molecule is CCN(CC)CCCOc1ccc2nc(-c3ccccc3)n(CC(=O)NCC3CC3)c(=O)c2c1. The van der Waals surface area contributed by atoms with E-state index in [1.54, 1.807) is 6.07 Å². The molecule has 0 aliphatic heterocycles. The summed E-state index contributed by atoms with van der Waals surface area (Å²) in [7, 11) is 0. The summed E-state index contributed by atoms with van der Waals surface area (Å²) in [5.74, 6) is 1.54. The first-order valence-electron chi connectivity index (χ1n) is 12.3. The summed E-state index contributed by atoms with van der Waals surface area (Å²) in [5, 5.41) is 3.41. The van der Waals surface area contributed by atoms with Gasteiger partial charge in [0, 0.05) is 18.7 Å². The van der Waals surface area contributed by atoms with Crippen LogP contribution < -0.4 is 15.6 Å². The molecule has 1 aliphatic carbocycles. The zero-order chi connectivity index (χ0) is 23.9. The van der Waals surface area contributed by atoms with Crippen LogP contribution in [0.3, 0.4) is 0 Å². The minimum Gasteiger partial charge on any atom is -0.494 e. The number of aromatic nitrogens is 2. The van der Waals surface area contributed by atoms with E-state index in [1.165, 1.54) is 4.57 Å². The lowest BCUT2D eigenvalue weighted by atomic mass is 10.1. The Balaban J connectivity index is 1.59. The molecule has 0 radical (unpaired) electrons. The second-order valence-corrected chi connectivity index (χ2v) is 8.85. The van der Waals surface area contributed by atoms with Crippen molar-refractivity contribution in [1.29, 1.82) is 0 Å². The number of carbonyl (C=O) groups excluding carboxylic acids is 1. The number of carbonyl (C=O) groups is 1. The Labute approximate surface area is 200 Å². The molecule has 7 heteroatoms. The van der Waals surface area contributed by atoms with Crippen LogP contribution in [-0.2, 0) is 11.3 Å². The van der Waals surface area contributed by atoms with Crippen LogP contribution in [0.25, 0.3) is 22.3 Å². The molecule has 1 heterocycles. The van der Waals surface area contributed by atoms with E-state index in [4.69, 9.17) is 9.72 Å². The molecule has 3 aromatic rings. The second kappa shape index (κ2) is 11.3. The predicted octanol–water partition coefficient (Wildman–Crippen LogP) is 3.70. The van der Waals surface area contributed by atoms with Crippen molar-refractivity contribution in [2.24, 2.45) is 5.92 Å². The molecule has 1 N–H and O–H groups in total. The van der Waals surface area contributed by atoms with Gasteiger partial charge in [0.2, 0.25) is 5.91 Å². The molecule has 0 atom stereocenters. The lowest BCUT2D eigenvalue weighted by molar-refractivity contribution is -0.121. The summed E-state index contributed by atoms with van der Waals surface area (Å²) < 4.78 is 7.41. The number of hydrogen-bond donors (Lipinski definition) is 1. The summed E-state index contributed by atoms with van der Waals surface area (Å²) in [6, 6.07) is 14.9. The highest BCUT2D eigenvalue weighted by molar-refractivity contribution is 5.82. The van der Waals surface area contributed by atoms with Crippen LogP contribution in [0.2, 0.25) is 0 Å². The third-order valence-corrected chi connectivity index (χ3v) is 6.33. The van der Waals surface area contributed by atoms with E-state index in [0.717, 1.165) is 44.5 Å². The van der Waals surface area contributed by atoms with Gasteiger partial charge in [-0.2, -0.15) is 0 Å². The number of rotatable bonds is 12. The van der Waals surface area contributed by atoms with E-state index in [0.29, 0.717) is 41.5 Å². The third-order valence-electron chi connectivity index (χ3n) is 6.33. The summed E-state index contributed by atoms with van der Waals surface area (Å²) in [5.41, 5.74) is 1.15. The zero-order valence-electron chi connectivity index (χ0n) is 20.1. The Kier molecular flexibility index (Phi) is 7.95. The normalized spacial score (nSPS) is 13.4. The quantitative estimate of drug-likeness (QED) is 0.416. The highest BCUT2D eigenvalue weighted by atomic mass is 16.5. The van der Waals surface area contributed by atoms with Crippen molar-refractivity contribution >= 4 is 16.8 Å². The topological polar surface area (TPSA) is 76.5 Å². The summed E-state index contributed by atoms with van der Waals surface area (Å²) in [6.07, 6.45) is 3.23. The number of ether oxygens (including phenoxy) is 1. The van der Waals surface area contributed by atoms with E-state index in [2.05, 4.69) is 24.1 Å². The minimum absolute atomic E-state index is 0.0618. The lowest BCUT2D eigenvalue weighted by Crippen LogP contribution is -2.34. The first kappa shape index (κ1) is 24.0. The fourth-order valence-corrected chi connectivity index (χ4v) is 4.04. The van der Waals surface area contributed by atoms with Gasteiger partial charge in [0.05, 0.1) is 17.5 Å². The van der Waals surface area contributed by atoms with Crippen LogP contribution in [0.1, 0.15) is 33.1 Å². The molecule has 0 saturated heterocycles. The molecule has 180 valence electrons. The first-order chi connectivity index (χ1) is 16.6. The Morgan fingerprint density at radius 2 is 1.91 bits per heavy atom. The molecule has 0 spiro atoms. The van der Waals surface area contributed by atoms with Crippen molar-refractivity contribution in [3.05, 3.63) is 58.9 Å². The maximum Gasteiger partial charge on any atom is 0.262 e. The number of amides is 1. The van der Waals surface area contributed by atoms with Crippen LogP contribution >= 0.6 is 0 Å². The molecule has 2 aromatic carbocycles. The molecule has 7 nitrogen and oxygen atoms in total. The molecule has 1 fully saturated rings. The minimum atomic E-state index is -0.237. The molecular weight excluding hydrogens is 428 g/mol. The van der Waals surface area contributed by atoms with E-state index in [1.807, 2.05) is 42.5 Å². The predicted molar refractivity (Wildman–Crippen MR) is 135 cm³/mol. The van der Waals surface area contributed by atoms with Gasteiger partial charge in [-0.3, -0.25) is 14.2 Å². The van der Waals surface area contributed by atoms with Gasteiger partial charge in [0.25, 0.3) is 5.56 Å². The van der Waals surface area contributed by atoms with Crippen LogP contribution in [0.15, 0.2) is 53.3 Å². The third kappa shape index (κ3) is 6.03. The fraction of sp³-hybridized carbons (Fsp3) is 0.444. The summed E-state index contributed by atoms with van der Waals surface area (Å²) in [6.45, 7) is 8.52. The van der Waals surface area contributed by atoms with Gasteiger partial charge in [-0.15, -0.1) is 0 Å².